The minimum Gasteiger partial charge on any atom is -0.480 e. The van der Waals surface area contributed by atoms with E-state index >= 15 is 0 Å². The van der Waals surface area contributed by atoms with E-state index in [0.717, 1.165) is 32.6 Å². The van der Waals surface area contributed by atoms with Crippen LogP contribution in [0.15, 0.2) is 0 Å². The van der Waals surface area contributed by atoms with Gasteiger partial charge in [-0.15, -0.1) is 0 Å². The number of rotatable bonds is 7. The van der Waals surface area contributed by atoms with Crippen LogP contribution in [0.1, 0.15) is 33.1 Å². The summed E-state index contributed by atoms with van der Waals surface area (Å²) in [6, 6.07) is 0.145. The Kier molecular flexibility index (Phi) is 7.34. The second-order valence-corrected chi connectivity index (χ2v) is 5.45. The van der Waals surface area contributed by atoms with E-state index < -0.39 is 12.0 Å². The molecule has 0 amide bonds. The molecule has 1 rings (SSSR count). The molecule has 1 fully saturated rings. The summed E-state index contributed by atoms with van der Waals surface area (Å²) in [4.78, 5) is 16.0. The van der Waals surface area contributed by atoms with E-state index in [1.165, 1.54) is 6.42 Å². The van der Waals surface area contributed by atoms with Crippen molar-refractivity contribution >= 4 is 5.97 Å². The van der Waals surface area contributed by atoms with E-state index in [0.29, 0.717) is 19.0 Å². The Balaban J connectivity index is 2.50. The molecule has 1 aliphatic heterocycles. The van der Waals surface area contributed by atoms with E-state index in [2.05, 4.69) is 29.1 Å². The standard InChI is InChI=1S/C14H29N3O2/c1-4-12-11-16(3)8-6-9-17(12)10-7-13(14(18)19)15-5-2/h12-13,15H,4-11H2,1-3H3,(H,18,19). The summed E-state index contributed by atoms with van der Waals surface area (Å²) in [5, 5.41) is 12.2. The SMILES string of the molecule is CCNC(CCN1CCCN(C)CC1CC)C(=O)O. The van der Waals surface area contributed by atoms with Gasteiger partial charge in [0, 0.05) is 19.1 Å². The van der Waals surface area contributed by atoms with Crippen LogP contribution >= 0.6 is 0 Å². The summed E-state index contributed by atoms with van der Waals surface area (Å²) in [7, 11) is 2.17. The second kappa shape index (κ2) is 8.51. The van der Waals surface area contributed by atoms with Crippen molar-refractivity contribution in [3.63, 3.8) is 0 Å². The van der Waals surface area contributed by atoms with E-state index in [4.69, 9.17) is 5.11 Å². The van der Waals surface area contributed by atoms with Gasteiger partial charge in [-0.2, -0.15) is 0 Å². The van der Waals surface area contributed by atoms with Crippen LogP contribution < -0.4 is 5.32 Å². The Morgan fingerprint density at radius 3 is 2.74 bits per heavy atom. The van der Waals surface area contributed by atoms with Crippen LogP contribution in [0, 0.1) is 0 Å². The van der Waals surface area contributed by atoms with Crippen LogP contribution in [0.4, 0.5) is 0 Å². The molecule has 0 bridgehead atoms. The summed E-state index contributed by atoms with van der Waals surface area (Å²) in [6.45, 7) is 9.06. The van der Waals surface area contributed by atoms with Gasteiger partial charge in [0.05, 0.1) is 0 Å². The number of nitrogens with one attached hydrogen (secondary N) is 1. The lowest BCUT2D eigenvalue weighted by Crippen LogP contribution is -2.44. The molecule has 0 spiro atoms. The molecule has 5 heteroatoms. The Morgan fingerprint density at radius 1 is 1.42 bits per heavy atom. The summed E-state index contributed by atoms with van der Waals surface area (Å²) in [5.41, 5.74) is 0. The first-order valence-corrected chi connectivity index (χ1v) is 7.47. The average Bonchev–Trinajstić information content (AvgIpc) is 2.55. The number of hydrogen-bond donors (Lipinski definition) is 2. The molecule has 1 heterocycles. The Labute approximate surface area is 117 Å². The zero-order valence-electron chi connectivity index (χ0n) is 12.6. The summed E-state index contributed by atoms with van der Waals surface area (Å²) < 4.78 is 0. The van der Waals surface area contributed by atoms with Crippen LogP contribution in [-0.2, 0) is 4.79 Å². The Bertz CT molecular complexity index is 273. The minimum absolute atomic E-state index is 0.413. The first-order valence-electron chi connectivity index (χ1n) is 7.47. The van der Waals surface area contributed by atoms with Gasteiger partial charge in [-0.3, -0.25) is 9.69 Å². The van der Waals surface area contributed by atoms with Crippen LogP contribution in [0.3, 0.4) is 0 Å². The number of carboxylic acid groups (broad SMARTS) is 1. The molecule has 0 aliphatic carbocycles. The number of nitrogens with zero attached hydrogens (tertiary/aromatic N) is 2. The molecule has 0 saturated carbocycles. The van der Waals surface area contributed by atoms with Crippen LogP contribution in [0.5, 0.6) is 0 Å². The third kappa shape index (κ3) is 5.47. The number of hydrogen-bond acceptors (Lipinski definition) is 4. The molecule has 2 atom stereocenters. The van der Waals surface area contributed by atoms with Crippen molar-refractivity contribution in [2.75, 3.05) is 39.8 Å². The van der Waals surface area contributed by atoms with E-state index in [-0.39, 0.29) is 0 Å². The topological polar surface area (TPSA) is 55.8 Å². The molecule has 112 valence electrons. The normalized spacial score (nSPS) is 24.1. The maximum Gasteiger partial charge on any atom is 0.320 e. The van der Waals surface area contributed by atoms with Crippen LogP contribution in [-0.4, -0.2) is 72.7 Å². The van der Waals surface area contributed by atoms with Gasteiger partial charge < -0.3 is 15.3 Å². The van der Waals surface area contributed by atoms with Gasteiger partial charge in [0.25, 0.3) is 0 Å². The molecule has 0 radical (unpaired) electrons. The molecule has 5 nitrogen and oxygen atoms in total. The maximum absolute atomic E-state index is 11.1. The molecule has 19 heavy (non-hydrogen) atoms. The van der Waals surface area contributed by atoms with Crippen molar-refractivity contribution in [1.82, 2.24) is 15.1 Å². The fraction of sp³-hybridized carbons (Fsp3) is 0.929. The van der Waals surface area contributed by atoms with Crippen LogP contribution in [0.2, 0.25) is 0 Å². The van der Waals surface area contributed by atoms with Crippen molar-refractivity contribution in [2.24, 2.45) is 0 Å². The first-order chi connectivity index (χ1) is 9.08. The van der Waals surface area contributed by atoms with Crippen LogP contribution in [0.25, 0.3) is 0 Å². The molecule has 0 aromatic carbocycles. The maximum atomic E-state index is 11.1. The monoisotopic (exact) mass is 271 g/mol. The zero-order chi connectivity index (χ0) is 14.3. The predicted molar refractivity (Wildman–Crippen MR) is 77.5 cm³/mol. The molecule has 0 aromatic rings. The highest BCUT2D eigenvalue weighted by Crippen LogP contribution is 2.13. The summed E-state index contributed by atoms with van der Waals surface area (Å²) in [5.74, 6) is -0.734. The van der Waals surface area contributed by atoms with Crippen molar-refractivity contribution < 1.29 is 9.90 Å². The lowest BCUT2D eigenvalue weighted by atomic mass is 10.1. The quantitative estimate of drug-likeness (QED) is 0.719. The highest BCUT2D eigenvalue weighted by atomic mass is 16.4. The van der Waals surface area contributed by atoms with Gasteiger partial charge in [-0.25, -0.2) is 0 Å². The number of aliphatic carboxylic acids is 1. The molecule has 1 saturated heterocycles. The van der Waals surface area contributed by atoms with Gasteiger partial charge in [0.15, 0.2) is 0 Å². The number of carboxylic acids is 1. The van der Waals surface area contributed by atoms with Crippen molar-refractivity contribution in [3.05, 3.63) is 0 Å². The first kappa shape index (κ1) is 16.4. The van der Waals surface area contributed by atoms with Crippen molar-refractivity contribution in [3.8, 4) is 0 Å². The van der Waals surface area contributed by atoms with E-state index in [1.807, 2.05) is 6.92 Å². The Morgan fingerprint density at radius 2 is 2.16 bits per heavy atom. The van der Waals surface area contributed by atoms with Crippen molar-refractivity contribution in [1.29, 1.82) is 0 Å². The lowest BCUT2D eigenvalue weighted by molar-refractivity contribution is -0.139. The molecule has 2 N–H and O–H groups in total. The van der Waals surface area contributed by atoms with Gasteiger partial charge in [-0.05, 0) is 45.9 Å². The smallest absolute Gasteiger partial charge is 0.320 e. The number of likely N-dealkylation sites (N-methyl/N-ethyl adjacent to an activating group) is 2. The zero-order valence-corrected chi connectivity index (χ0v) is 12.6. The second-order valence-electron chi connectivity index (χ2n) is 5.45. The molecule has 1 aliphatic rings. The van der Waals surface area contributed by atoms with E-state index in [1.54, 1.807) is 0 Å². The predicted octanol–water partition coefficient (Wildman–Crippen LogP) is 0.855. The fourth-order valence-corrected chi connectivity index (χ4v) is 2.83. The third-order valence-corrected chi connectivity index (χ3v) is 3.95. The van der Waals surface area contributed by atoms with Gasteiger partial charge in [0.2, 0.25) is 0 Å². The summed E-state index contributed by atoms with van der Waals surface area (Å²) in [6.07, 6.45) is 2.98. The fourth-order valence-electron chi connectivity index (χ4n) is 2.83. The molecule has 0 aromatic heterocycles. The molecule has 2 unspecified atom stereocenters. The Hall–Kier alpha value is -0.650. The lowest BCUT2D eigenvalue weighted by Gasteiger charge is -2.31. The number of carbonyl (C=O) groups is 1. The van der Waals surface area contributed by atoms with Gasteiger partial charge in [0.1, 0.15) is 6.04 Å². The summed E-state index contributed by atoms with van der Waals surface area (Å²) >= 11 is 0. The largest absolute Gasteiger partial charge is 0.480 e. The third-order valence-electron chi connectivity index (χ3n) is 3.95. The minimum atomic E-state index is -0.734. The highest BCUT2D eigenvalue weighted by Gasteiger charge is 2.24. The van der Waals surface area contributed by atoms with Crippen molar-refractivity contribution in [2.45, 2.75) is 45.2 Å². The highest BCUT2D eigenvalue weighted by molar-refractivity contribution is 5.73. The average molecular weight is 271 g/mol. The molecular formula is C14H29N3O2. The van der Waals surface area contributed by atoms with Gasteiger partial charge >= 0.3 is 5.97 Å². The molecular weight excluding hydrogens is 242 g/mol. The van der Waals surface area contributed by atoms with Gasteiger partial charge in [-0.1, -0.05) is 13.8 Å². The van der Waals surface area contributed by atoms with E-state index in [9.17, 15) is 4.79 Å².